The van der Waals surface area contributed by atoms with Crippen LogP contribution in [0, 0.1) is 17.8 Å². The summed E-state index contributed by atoms with van der Waals surface area (Å²) in [6, 6.07) is 0. The van der Waals surface area contributed by atoms with E-state index in [1.54, 1.807) is 25.7 Å². The molecule has 2 saturated carbocycles. The van der Waals surface area contributed by atoms with Crippen LogP contribution in [0.4, 0.5) is 0 Å². The van der Waals surface area contributed by atoms with Crippen LogP contribution in [0.3, 0.4) is 0 Å². The van der Waals surface area contributed by atoms with Crippen molar-refractivity contribution in [3.05, 3.63) is 0 Å². The number of rotatable bonds is 1. The number of hydrogen-bond donors (Lipinski definition) is 0. The summed E-state index contributed by atoms with van der Waals surface area (Å²) in [6.07, 6.45) is 15.3. The Morgan fingerprint density at radius 3 is 2.36 bits per heavy atom. The quantitative estimate of drug-likeness (QED) is 0.563. The van der Waals surface area contributed by atoms with Gasteiger partial charge in [-0.15, -0.1) is 0 Å². The van der Waals surface area contributed by atoms with E-state index in [1.165, 1.54) is 38.5 Å². The molecule has 0 aliphatic heterocycles. The molecule has 2 aliphatic rings. The summed E-state index contributed by atoms with van der Waals surface area (Å²) in [7, 11) is 0. The van der Waals surface area contributed by atoms with Crippen molar-refractivity contribution in [1.82, 2.24) is 0 Å². The van der Waals surface area contributed by atoms with Crippen LogP contribution in [0.15, 0.2) is 0 Å². The largest absolute Gasteiger partial charge is 0.0651 e. The second-order valence-corrected chi connectivity index (χ2v) is 5.60. The average molecular weight is 194 g/mol. The summed E-state index contributed by atoms with van der Waals surface area (Å²) in [5.41, 5.74) is 0. The summed E-state index contributed by atoms with van der Waals surface area (Å²) in [4.78, 5) is 0. The van der Waals surface area contributed by atoms with Crippen LogP contribution >= 0.6 is 0 Å². The van der Waals surface area contributed by atoms with E-state index in [2.05, 4.69) is 6.92 Å². The lowest BCUT2D eigenvalue weighted by atomic mass is 9.83. The average Bonchev–Trinajstić information content (AvgIpc) is 2.63. The second kappa shape index (κ2) is 5.19. The van der Waals surface area contributed by atoms with Crippen LogP contribution in [0.5, 0.6) is 0 Å². The van der Waals surface area contributed by atoms with Gasteiger partial charge >= 0.3 is 0 Å². The van der Waals surface area contributed by atoms with E-state index in [9.17, 15) is 0 Å². The van der Waals surface area contributed by atoms with Gasteiger partial charge in [0.05, 0.1) is 0 Å². The van der Waals surface area contributed by atoms with Crippen molar-refractivity contribution in [2.45, 2.75) is 71.1 Å². The van der Waals surface area contributed by atoms with E-state index in [1.807, 2.05) is 0 Å². The van der Waals surface area contributed by atoms with Gasteiger partial charge in [-0.3, -0.25) is 0 Å². The smallest absolute Gasteiger partial charge is 0.0383 e. The van der Waals surface area contributed by atoms with Crippen LogP contribution in [0.1, 0.15) is 71.1 Å². The highest BCUT2D eigenvalue weighted by Crippen LogP contribution is 2.41. The molecule has 2 aliphatic carbocycles. The summed E-state index contributed by atoms with van der Waals surface area (Å²) >= 11 is 0. The van der Waals surface area contributed by atoms with Crippen molar-refractivity contribution in [3.63, 3.8) is 0 Å². The summed E-state index contributed by atoms with van der Waals surface area (Å²) in [5.74, 6) is 3.32. The van der Waals surface area contributed by atoms with Crippen molar-refractivity contribution in [2.75, 3.05) is 0 Å². The lowest BCUT2D eigenvalue weighted by Crippen LogP contribution is -2.12. The second-order valence-electron chi connectivity index (χ2n) is 5.60. The molecule has 2 rings (SSSR count). The molecule has 14 heavy (non-hydrogen) atoms. The minimum atomic E-state index is 1.07. The zero-order valence-corrected chi connectivity index (χ0v) is 9.80. The van der Waals surface area contributed by atoms with Gasteiger partial charge < -0.3 is 0 Å². The SMILES string of the molecule is CCC1CCCCCC2CCCC2C1. The van der Waals surface area contributed by atoms with Crippen LogP contribution in [0.25, 0.3) is 0 Å². The molecular formula is C14H26. The Morgan fingerprint density at radius 1 is 0.786 bits per heavy atom. The lowest BCUT2D eigenvalue weighted by Gasteiger charge is -2.22. The predicted octanol–water partition coefficient (Wildman–Crippen LogP) is 4.78. The Kier molecular flexibility index (Phi) is 3.89. The van der Waals surface area contributed by atoms with Crippen molar-refractivity contribution >= 4 is 0 Å². The highest BCUT2D eigenvalue weighted by molar-refractivity contribution is 4.80. The van der Waals surface area contributed by atoms with Crippen LogP contribution < -0.4 is 0 Å². The maximum atomic E-state index is 2.40. The monoisotopic (exact) mass is 194 g/mol. The minimum absolute atomic E-state index is 1.07. The van der Waals surface area contributed by atoms with E-state index < -0.39 is 0 Å². The van der Waals surface area contributed by atoms with Gasteiger partial charge in [-0.25, -0.2) is 0 Å². The zero-order valence-electron chi connectivity index (χ0n) is 9.80. The third-order valence-electron chi connectivity index (χ3n) is 4.72. The molecule has 3 atom stereocenters. The molecule has 0 aromatic carbocycles. The highest BCUT2D eigenvalue weighted by Gasteiger charge is 2.29. The third kappa shape index (κ3) is 2.52. The van der Waals surface area contributed by atoms with Crippen molar-refractivity contribution in [3.8, 4) is 0 Å². The highest BCUT2D eigenvalue weighted by atomic mass is 14.3. The first-order chi connectivity index (χ1) is 6.90. The van der Waals surface area contributed by atoms with E-state index in [0.29, 0.717) is 0 Å². The van der Waals surface area contributed by atoms with E-state index in [-0.39, 0.29) is 0 Å². The van der Waals surface area contributed by atoms with Crippen molar-refractivity contribution in [2.24, 2.45) is 17.8 Å². The Morgan fingerprint density at radius 2 is 1.50 bits per heavy atom. The van der Waals surface area contributed by atoms with Crippen LogP contribution in [-0.2, 0) is 0 Å². The lowest BCUT2D eigenvalue weighted by molar-refractivity contribution is 0.286. The van der Waals surface area contributed by atoms with Gasteiger partial charge in [0.15, 0.2) is 0 Å². The first-order valence-electron chi connectivity index (χ1n) is 6.90. The van der Waals surface area contributed by atoms with Crippen LogP contribution in [-0.4, -0.2) is 0 Å². The van der Waals surface area contributed by atoms with E-state index in [4.69, 9.17) is 0 Å². The van der Waals surface area contributed by atoms with Gasteiger partial charge in [0.25, 0.3) is 0 Å². The minimum Gasteiger partial charge on any atom is -0.0651 e. The van der Waals surface area contributed by atoms with E-state index in [0.717, 1.165) is 17.8 Å². The molecule has 0 aromatic rings. The van der Waals surface area contributed by atoms with E-state index >= 15 is 0 Å². The van der Waals surface area contributed by atoms with Gasteiger partial charge in [-0.2, -0.15) is 0 Å². The molecule has 3 unspecified atom stereocenters. The molecule has 0 nitrogen and oxygen atoms in total. The Labute approximate surface area is 89.5 Å². The van der Waals surface area contributed by atoms with Gasteiger partial charge in [0.2, 0.25) is 0 Å². The third-order valence-corrected chi connectivity index (χ3v) is 4.72. The molecule has 0 spiro atoms. The summed E-state index contributed by atoms with van der Waals surface area (Å²) in [6.45, 7) is 2.40. The first-order valence-corrected chi connectivity index (χ1v) is 6.90. The topological polar surface area (TPSA) is 0 Å². The van der Waals surface area contributed by atoms with Gasteiger partial charge in [0.1, 0.15) is 0 Å². The maximum absolute atomic E-state index is 2.40. The predicted molar refractivity (Wildman–Crippen MR) is 62.3 cm³/mol. The molecule has 0 N–H and O–H groups in total. The molecule has 2 fully saturated rings. The molecule has 0 amide bonds. The Balaban J connectivity index is 1.93. The molecule has 0 heterocycles. The van der Waals surface area contributed by atoms with Crippen molar-refractivity contribution in [1.29, 1.82) is 0 Å². The number of hydrogen-bond acceptors (Lipinski definition) is 0. The Hall–Kier alpha value is 0. The fourth-order valence-corrected chi connectivity index (χ4v) is 3.74. The van der Waals surface area contributed by atoms with Gasteiger partial charge in [0, 0.05) is 0 Å². The fourth-order valence-electron chi connectivity index (χ4n) is 3.74. The molecule has 0 radical (unpaired) electrons. The standard InChI is InChI=1S/C14H26/c1-2-12-7-4-3-5-8-13-9-6-10-14(13)11-12/h12-14H,2-11H2,1H3. The fraction of sp³-hybridized carbons (Fsp3) is 1.00. The first kappa shape index (κ1) is 10.5. The summed E-state index contributed by atoms with van der Waals surface area (Å²) < 4.78 is 0. The molecule has 0 bridgehead atoms. The summed E-state index contributed by atoms with van der Waals surface area (Å²) in [5, 5.41) is 0. The van der Waals surface area contributed by atoms with Crippen molar-refractivity contribution < 1.29 is 0 Å². The molecule has 0 aromatic heterocycles. The maximum Gasteiger partial charge on any atom is -0.0383 e. The van der Waals surface area contributed by atoms with Gasteiger partial charge in [-0.05, 0) is 24.2 Å². The molecular weight excluding hydrogens is 168 g/mol. The molecule has 82 valence electrons. The van der Waals surface area contributed by atoms with Gasteiger partial charge in [-0.1, -0.05) is 64.7 Å². The molecule has 0 heteroatoms. The van der Waals surface area contributed by atoms with Crippen LogP contribution in [0.2, 0.25) is 0 Å². The molecule has 0 saturated heterocycles. The zero-order chi connectivity index (χ0) is 9.80. The Bertz CT molecular complexity index is 161. The normalized spacial score (nSPS) is 39.6. The number of fused-ring (bicyclic) bond motifs is 1.